The van der Waals surface area contributed by atoms with E-state index in [2.05, 4.69) is 32.9 Å². The van der Waals surface area contributed by atoms with Crippen molar-refractivity contribution in [3.63, 3.8) is 0 Å². The Balaban J connectivity index is 2.17. The molecule has 1 amide bonds. The van der Waals surface area contributed by atoms with Crippen LogP contribution in [-0.4, -0.2) is 10.9 Å². The average Bonchev–Trinajstić information content (AvgIpc) is 2.32. The molecule has 2 aromatic rings. The van der Waals surface area contributed by atoms with E-state index in [4.69, 9.17) is 0 Å². The van der Waals surface area contributed by atoms with Gasteiger partial charge in [-0.2, -0.15) is 0 Å². The van der Waals surface area contributed by atoms with Crippen molar-refractivity contribution in [3.8, 4) is 0 Å². The number of amides is 1. The summed E-state index contributed by atoms with van der Waals surface area (Å²) >= 11 is 2.11. The predicted octanol–water partition coefficient (Wildman–Crippen LogP) is 3.08. The van der Waals surface area contributed by atoms with E-state index in [1.54, 1.807) is 18.3 Å². The number of hydrogen-bond acceptors (Lipinski definition) is 2. The third-order valence-corrected chi connectivity index (χ3v) is 2.73. The van der Waals surface area contributed by atoms with Crippen molar-refractivity contribution in [3.05, 3.63) is 57.5 Å². The SMILES string of the molecule is O=C(Nc1ccc(I)cn1)c1ccccc1F. The normalized spacial score (nSPS) is 10.0. The Hall–Kier alpha value is -1.50. The molecule has 0 fully saturated rings. The first kappa shape index (κ1) is 12.0. The van der Waals surface area contributed by atoms with Crippen molar-refractivity contribution in [2.75, 3.05) is 5.32 Å². The number of anilines is 1. The molecule has 3 nitrogen and oxygen atoms in total. The Morgan fingerprint density at radius 1 is 1.24 bits per heavy atom. The van der Waals surface area contributed by atoms with Gasteiger partial charge in [0.2, 0.25) is 0 Å². The van der Waals surface area contributed by atoms with Crippen LogP contribution < -0.4 is 5.32 Å². The molecule has 0 unspecified atom stereocenters. The summed E-state index contributed by atoms with van der Waals surface area (Å²) in [4.78, 5) is 15.7. The Morgan fingerprint density at radius 2 is 2.00 bits per heavy atom. The molecule has 0 saturated carbocycles. The largest absolute Gasteiger partial charge is 0.306 e. The second kappa shape index (κ2) is 5.22. The van der Waals surface area contributed by atoms with Crippen LogP contribution >= 0.6 is 22.6 Å². The van der Waals surface area contributed by atoms with E-state index in [0.717, 1.165) is 3.57 Å². The summed E-state index contributed by atoms with van der Waals surface area (Å²) in [7, 11) is 0. The van der Waals surface area contributed by atoms with E-state index >= 15 is 0 Å². The topological polar surface area (TPSA) is 42.0 Å². The summed E-state index contributed by atoms with van der Waals surface area (Å²) in [5, 5.41) is 2.53. The molecule has 0 saturated heterocycles. The van der Waals surface area contributed by atoms with Crippen LogP contribution in [0.25, 0.3) is 0 Å². The fraction of sp³-hybridized carbons (Fsp3) is 0. The number of benzene rings is 1. The van der Waals surface area contributed by atoms with Gasteiger partial charge in [-0.05, 0) is 46.9 Å². The molecule has 1 N–H and O–H groups in total. The maximum atomic E-state index is 13.3. The highest BCUT2D eigenvalue weighted by Crippen LogP contribution is 2.11. The van der Waals surface area contributed by atoms with Gasteiger partial charge in [0.1, 0.15) is 11.6 Å². The number of nitrogens with zero attached hydrogens (tertiary/aromatic N) is 1. The Morgan fingerprint density at radius 3 is 2.65 bits per heavy atom. The molecular weight excluding hydrogens is 334 g/mol. The lowest BCUT2D eigenvalue weighted by atomic mass is 10.2. The minimum Gasteiger partial charge on any atom is -0.306 e. The molecule has 17 heavy (non-hydrogen) atoms. The maximum absolute atomic E-state index is 13.3. The summed E-state index contributed by atoms with van der Waals surface area (Å²) in [6.07, 6.45) is 1.62. The monoisotopic (exact) mass is 342 g/mol. The summed E-state index contributed by atoms with van der Waals surface area (Å²) in [5.41, 5.74) is 0.00727. The van der Waals surface area contributed by atoms with E-state index in [1.807, 2.05) is 6.07 Å². The van der Waals surface area contributed by atoms with E-state index in [9.17, 15) is 9.18 Å². The van der Waals surface area contributed by atoms with Crippen molar-refractivity contribution < 1.29 is 9.18 Å². The van der Waals surface area contributed by atoms with E-state index in [1.165, 1.54) is 18.2 Å². The predicted molar refractivity (Wildman–Crippen MR) is 71.3 cm³/mol. The van der Waals surface area contributed by atoms with Crippen molar-refractivity contribution >= 4 is 34.3 Å². The standard InChI is InChI=1S/C12H8FIN2O/c13-10-4-2-1-3-9(10)12(17)16-11-6-5-8(14)7-15-11/h1-7H,(H,15,16,17). The van der Waals surface area contributed by atoms with Gasteiger partial charge in [0.15, 0.2) is 0 Å². The Kier molecular flexibility index (Phi) is 3.68. The number of aromatic nitrogens is 1. The fourth-order valence-corrected chi connectivity index (χ4v) is 1.60. The molecule has 5 heteroatoms. The summed E-state index contributed by atoms with van der Waals surface area (Å²) < 4.78 is 14.3. The van der Waals surface area contributed by atoms with Crippen LogP contribution in [0.2, 0.25) is 0 Å². The highest BCUT2D eigenvalue weighted by Gasteiger charge is 2.10. The number of halogens is 2. The van der Waals surface area contributed by atoms with Crippen molar-refractivity contribution in [2.45, 2.75) is 0 Å². The van der Waals surface area contributed by atoms with E-state index < -0.39 is 11.7 Å². The molecule has 0 radical (unpaired) electrons. The molecule has 0 aliphatic heterocycles. The van der Waals surface area contributed by atoms with Gasteiger partial charge in [0.05, 0.1) is 5.56 Å². The average molecular weight is 342 g/mol. The molecule has 0 bridgehead atoms. The highest BCUT2D eigenvalue weighted by molar-refractivity contribution is 14.1. The fourth-order valence-electron chi connectivity index (χ4n) is 1.28. The maximum Gasteiger partial charge on any atom is 0.259 e. The number of carbonyl (C=O) groups excluding carboxylic acids is 1. The second-order valence-electron chi connectivity index (χ2n) is 3.30. The van der Waals surface area contributed by atoms with Crippen LogP contribution in [-0.2, 0) is 0 Å². The van der Waals surface area contributed by atoms with Gasteiger partial charge >= 0.3 is 0 Å². The molecule has 0 atom stereocenters. The van der Waals surface area contributed by atoms with Crippen LogP contribution in [0.5, 0.6) is 0 Å². The van der Waals surface area contributed by atoms with Gasteiger partial charge in [0, 0.05) is 9.77 Å². The minimum absolute atomic E-state index is 0.00727. The lowest BCUT2D eigenvalue weighted by Crippen LogP contribution is -2.14. The zero-order valence-corrected chi connectivity index (χ0v) is 10.8. The van der Waals surface area contributed by atoms with Crippen LogP contribution in [0.1, 0.15) is 10.4 Å². The summed E-state index contributed by atoms with van der Waals surface area (Å²) in [6, 6.07) is 9.30. The third-order valence-electron chi connectivity index (χ3n) is 2.09. The first-order valence-corrected chi connectivity index (χ1v) is 5.92. The Labute approximate surface area is 111 Å². The number of hydrogen-bond donors (Lipinski definition) is 1. The zero-order chi connectivity index (χ0) is 12.3. The minimum atomic E-state index is -0.546. The highest BCUT2D eigenvalue weighted by atomic mass is 127. The van der Waals surface area contributed by atoms with Crippen LogP contribution in [0.4, 0.5) is 10.2 Å². The molecular formula is C12H8FIN2O. The zero-order valence-electron chi connectivity index (χ0n) is 8.65. The van der Waals surface area contributed by atoms with Gasteiger partial charge in [-0.1, -0.05) is 12.1 Å². The molecule has 1 aromatic heterocycles. The number of carbonyl (C=O) groups is 1. The van der Waals surface area contributed by atoms with Crippen LogP contribution in [0.3, 0.4) is 0 Å². The van der Waals surface area contributed by atoms with Gasteiger partial charge < -0.3 is 5.32 Å². The van der Waals surface area contributed by atoms with Gasteiger partial charge in [0.25, 0.3) is 5.91 Å². The lowest BCUT2D eigenvalue weighted by molar-refractivity contribution is 0.102. The Bertz CT molecular complexity index is 542. The number of rotatable bonds is 2. The van der Waals surface area contributed by atoms with Crippen LogP contribution in [0.15, 0.2) is 42.6 Å². The van der Waals surface area contributed by atoms with Gasteiger partial charge in [-0.25, -0.2) is 9.37 Å². The third kappa shape index (κ3) is 3.00. The first-order valence-electron chi connectivity index (χ1n) is 4.84. The molecule has 0 aliphatic carbocycles. The summed E-state index contributed by atoms with van der Waals surface area (Å²) in [6.45, 7) is 0. The van der Waals surface area contributed by atoms with E-state index in [0.29, 0.717) is 5.82 Å². The smallest absolute Gasteiger partial charge is 0.259 e. The number of nitrogens with one attached hydrogen (secondary N) is 1. The second-order valence-corrected chi connectivity index (χ2v) is 4.54. The molecule has 86 valence electrons. The number of pyridine rings is 1. The van der Waals surface area contributed by atoms with Gasteiger partial charge in [-0.15, -0.1) is 0 Å². The van der Waals surface area contributed by atoms with Gasteiger partial charge in [-0.3, -0.25) is 4.79 Å². The molecule has 1 aromatic carbocycles. The molecule has 0 aliphatic rings. The molecule has 0 spiro atoms. The van der Waals surface area contributed by atoms with Crippen LogP contribution in [0, 0.1) is 9.39 Å². The molecule has 2 rings (SSSR count). The van der Waals surface area contributed by atoms with Crippen molar-refractivity contribution in [1.82, 2.24) is 4.98 Å². The van der Waals surface area contributed by atoms with E-state index in [-0.39, 0.29) is 5.56 Å². The molecule has 1 heterocycles. The van der Waals surface area contributed by atoms with Crippen molar-refractivity contribution in [2.24, 2.45) is 0 Å². The van der Waals surface area contributed by atoms with Crippen molar-refractivity contribution in [1.29, 1.82) is 0 Å². The lowest BCUT2D eigenvalue weighted by Gasteiger charge is -2.04. The quantitative estimate of drug-likeness (QED) is 0.853. The summed E-state index contributed by atoms with van der Waals surface area (Å²) in [5.74, 6) is -0.647. The first-order chi connectivity index (χ1) is 8.16.